The molecule has 0 aliphatic heterocycles. The van der Waals surface area contributed by atoms with Gasteiger partial charge in [-0.05, 0) is 72.3 Å². The lowest BCUT2D eigenvalue weighted by atomic mass is 9.91. The normalized spacial score (nSPS) is 13.4. The highest BCUT2D eigenvalue weighted by molar-refractivity contribution is 6.52. The van der Waals surface area contributed by atoms with Crippen LogP contribution in [0.5, 0.6) is 0 Å². The summed E-state index contributed by atoms with van der Waals surface area (Å²) in [7, 11) is -1.33. The molecule has 3 rings (SSSR count). The zero-order chi connectivity index (χ0) is 23.0. The molecule has 0 amide bonds. The molecule has 6 nitrogen and oxygen atoms in total. The molecule has 0 saturated carbocycles. The van der Waals surface area contributed by atoms with Crippen LogP contribution in [0.3, 0.4) is 0 Å². The molecule has 0 saturated heterocycles. The number of hydrogen-bond acceptors (Lipinski definition) is 3. The minimum atomic E-state index is -1.33. The van der Waals surface area contributed by atoms with E-state index in [1.165, 1.54) is 0 Å². The van der Waals surface area contributed by atoms with Crippen molar-refractivity contribution in [3.8, 4) is 0 Å². The Morgan fingerprint density at radius 2 is 0.806 bits per heavy atom. The number of rotatable bonds is 6. The van der Waals surface area contributed by atoms with Crippen molar-refractivity contribution in [3.05, 3.63) is 53.9 Å². The second-order valence-electron chi connectivity index (χ2n) is 12.7. The molecule has 0 aromatic carbocycles. The summed E-state index contributed by atoms with van der Waals surface area (Å²) in [5, 5.41) is 14.8. The van der Waals surface area contributed by atoms with Crippen LogP contribution in [0.2, 0.25) is 0 Å². The lowest BCUT2D eigenvalue weighted by molar-refractivity contribution is 0.405. The zero-order valence-corrected chi connectivity index (χ0v) is 21.0. The van der Waals surface area contributed by atoms with Crippen molar-refractivity contribution in [3.63, 3.8) is 0 Å². The monoisotopic (exact) mass is 423 g/mol. The van der Waals surface area contributed by atoms with Crippen LogP contribution in [-0.2, 0) is 19.3 Å². The minimum Gasteiger partial charge on any atom is -0.403 e. The fourth-order valence-corrected chi connectivity index (χ4v) is 4.04. The predicted molar refractivity (Wildman–Crippen MR) is 130 cm³/mol. The van der Waals surface area contributed by atoms with Crippen molar-refractivity contribution < 1.29 is 0 Å². The van der Waals surface area contributed by atoms with Gasteiger partial charge in [0.05, 0.1) is 17.1 Å². The topological polar surface area (TPSA) is 53.5 Å². The van der Waals surface area contributed by atoms with Crippen molar-refractivity contribution in [1.82, 2.24) is 29.1 Å². The molecule has 0 fully saturated rings. The van der Waals surface area contributed by atoms with Gasteiger partial charge in [-0.25, -0.2) is 15.3 Å². The molecule has 0 bridgehead atoms. The SMILES string of the molecule is CC(C)(C)Cc1ccn([BH-](n2ccc(CC(C)(C)C)n2)n2ccc(CC(C)(C)C)n2)n1. The first-order valence-corrected chi connectivity index (χ1v) is 11.5. The van der Waals surface area contributed by atoms with E-state index in [9.17, 15) is 0 Å². The molecular formula is C24H40BN6-. The van der Waals surface area contributed by atoms with Crippen LogP contribution in [0.1, 0.15) is 79.4 Å². The molecule has 0 radical (unpaired) electrons. The highest BCUT2D eigenvalue weighted by Gasteiger charge is 2.20. The van der Waals surface area contributed by atoms with Crippen molar-refractivity contribution in [2.24, 2.45) is 16.2 Å². The third-order valence-corrected chi connectivity index (χ3v) is 5.09. The largest absolute Gasteiger partial charge is 0.403 e. The van der Waals surface area contributed by atoms with E-state index in [2.05, 4.69) is 113 Å². The lowest BCUT2D eigenvalue weighted by Crippen LogP contribution is -2.43. The summed E-state index contributed by atoms with van der Waals surface area (Å²) in [5.41, 5.74) is 3.90. The molecule has 170 valence electrons. The molecule has 7 heteroatoms. The number of nitrogens with zero attached hydrogens (tertiary/aromatic N) is 6. The molecule has 3 aromatic heterocycles. The van der Waals surface area contributed by atoms with E-state index in [-0.39, 0.29) is 16.2 Å². The van der Waals surface area contributed by atoms with Crippen LogP contribution in [0.15, 0.2) is 36.8 Å². The lowest BCUT2D eigenvalue weighted by Gasteiger charge is -2.27. The third-order valence-electron chi connectivity index (χ3n) is 5.09. The van der Waals surface area contributed by atoms with Crippen molar-refractivity contribution in [2.75, 3.05) is 0 Å². The van der Waals surface area contributed by atoms with Crippen LogP contribution in [0, 0.1) is 16.2 Å². The van der Waals surface area contributed by atoms with Gasteiger partial charge in [0.25, 0.3) is 0 Å². The van der Waals surface area contributed by atoms with Gasteiger partial charge in [-0.2, -0.15) is 0 Å². The highest BCUT2D eigenvalue weighted by atomic mass is 15.4. The summed E-state index contributed by atoms with van der Waals surface area (Å²) in [6, 6.07) is 6.39. The number of hydrogen-bond donors (Lipinski definition) is 0. The second-order valence-corrected chi connectivity index (χ2v) is 12.7. The van der Waals surface area contributed by atoms with E-state index < -0.39 is 7.12 Å². The van der Waals surface area contributed by atoms with E-state index in [1.54, 1.807) is 0 Å². The van der Waals surface area contributed by atoms with Crippen LogP contribution in [0.4, 0.5) is 0 Å². The Hall–Kier alpha value is -2.31. The van der Waals surface area contributed by atoms with Gasteiger partial charge in [-0.15, -0.1) is 0 Å². The molecular weight excluding hydrogens is 383 g/mol. The predicted octanol–water partition coefficient (Wildman–Crippen LogP) is 4.70. The van der Waals surface area contributed by atoms with E-state index in [1.807, 2.05) is 0 Å². The summed E-state index contributed by atoms with van der Waals surface area (Å²) in [5.74, 6) is 0. The highest BCUT2D eigenvalue weighted by Crippen LogP contribution is 2.22. The molecule has 0 unspecified atom stereocenters. The van der Waals surface area contributed by atoms with Gasteiger partial charge in [0.2, 0.25) is 0 Å². The fraction of sp³-hybridized carbons (Fsp3) is 0.625. The van der Waals surface area contributed by atoms with Gasteiger partial charge in [0, 0.05) is 0 Å². The first-order chi connectivity index (χ1) is 14.2. The minimum absolute atomic E-state index is 0.196. The Labute approximate surface area is 188 Å². The molecule has 0 aliphatic carbocycles. The smallest absolute Gasteiger partial charge is 0.326 e. The molecule has 0 atom stereocenters. The Morgan fingerprint density at radius 3 is 1.03 bits per heavy atom. The van der Waals surface area contributed by atoms with Gasteiger partial charge in [-0.1, -0.05) is 62.3 Å². The maximum Gasteiger partial charge on any atom is 0.326 e. The van der Waals surface area contributed by atoms with Gasteiger partial charge in [0.15, 0.2) is 0 Å². The summed E-state index contributed by atoms with van der Waals surface area (Å²) >= 11 is 0. The van der Waals surface area contributed by atoms with Gasteiger partial charge in [-0.3, -0.25) is 0 Å². The average molecular weight is 423 g/mol. The second kappa shape index (κ2) is 8.32. The Morgan fingerprint density at radius 1 is 0.548 bits per heavy atom. The zero-order valence-electron chi connectivity index (χ0n) is 21.0. The molecule has 31 heavy (non-hydrogen) atoms. The maximum atomic E-state index is 4.95. The summed E-state index contributed by atoms with van der Waals surface area (Å²) < 4.78 is 6.18. The number of aromatic nitrogens is 6. The quantitative estimate of drug-likeness (QED) is 0.540. The fourth-order valence-electron chi connectivity index (χ4n) is 4.04. The van der Waals surface area contributed by atoms with Crippen LogP contribution in [0.25, 0.3) is 0 Å². The first kappa shape index (κ1) is 23.4. The Bertz CT molecular complexity index is 861. The molecule has 0 N–H and O–H groups in total. The van der Waals surface area contributed by atoms with Crippen LogP contribution < -0.4 is 0 Å². The Balaban J connectivity index is 1.97. The van der Waals surface area contributed by atoms with Crippen molar-refractivity contribution in [1.29, 1.82) is 0 Å². The van der Waals surface area contributed by atoms with Crippen molar-refractivity contribution >= 4 is 7.12 Å². The van der Waals surface area contributed by atoms with E-state index in [0.717, 1.165) is 36.3 Å². The maximum absolute atomic E-state index is 4.95. The van der Waals surface area contributed by atoms with E-state index in [0.29, 0.717) is 0 Å². The van der Waals surface area contributed by atoms with Crippen LogP contribution >= 0.6 is 0 Å². The molecule has 3 aromatic rings. The first-order valence-electron chi connectivity index (χ1n) is 11.5. The van der Waals surface area contributed by atoms with Crippen LogP contribution in [-0.4, -0.2) is 36.2 Å². The van der Waals surface area contributed by atoms with Gasteiger partial charge >= 0.3 is 7.12 Å². The average Bonchev–Trinajstić information content (AvgIpc) is 3.27. The van der Waals surface area contributed by atoms with E-state index in [4.69, 9.17) is 15.3 Å². The summed E-state index contributed by atoms with van der Waals surface area (Å²) in [6.45, 7) is 20.2. The summed E-state index contributed by atoms with van der Waals surface area (Å²) in [6.07, 6.45) is 9.06. The van der Waals surface area contributed by atoms with Crippen molar-refractivity contribution in [2.45, 2.75) is 81.6 Å². The third kappa shape index (κ3) is 6.84. The standard InChI is InChI=1S/C24H40BN6/c1-22(2,3)16-19-10-13-29(26-19)25(30-14-11-20(27-30)17-23(4,5)6)31-15-12-21(28-31)18-24(7,8)9/h10-15,25H,16-18H2,1-9H3/q-1. The van der Waals surface area contributed by atoms with E-state index >= 15 is 0 Å². The Kier molecular flexibility index (Phi) is 6.27. The summed E-state index contributed by atoms with van der Waals surface area (Å²) in [4.78, 5) is 0. The van der Waals surface area contributed by atoms with Gasteiger partial charge < -0.3 is 13.8 Å². The molecule has 0 aliphatic rings. The molecule has 3 heterocycles. The van der Waals surface area contributed by atoms with Gasteiger partial charge in [0.1, 0.15) is 0 Å². The molecule has 0 spiro atoms.